The quantitative estimate of drug-likeness (QED) is 0.481. The maximum atomic E-state index is 12.7. The van der Waals surface area contributed by atoms with Crippen LogP contribution >= 0.6 is 0 Å². The number of benzene rings is 3. The Morgan fingerprint density at radius 1 is 0.909 bits per heavy atom. The molecule has 0 aliphatic carbocycles. The van der Waals surface area contributed by atoms with Crippen LogP contribution in [-0.2, 0) is 10.0 Å². The van der Waals surface area contributed by atoms with E-state index >= 15 is 0 Å². The number of rotatable bonds is 5. The van der Waals surface area contributed by atoms with E-state index in [1.165, 1.54) is 0 Å². The van der Waals surface area contributed by atoms with Crippen LogP contribution in [-0.4, -0.2) is 39.7 Å². The number of hydrogen-bond donors (Lipinski definition) is 1. The highest BCUT2D eigenvalue weighted by atomic mass is 32.2. The third kappa shape index (κ3) is 4.01. The number of sulfonamides is 1. The van der Waals surface area contributed by atoms with Gasteiger partial charge in [-0.25, -0.2) is 13.1 Å². The number of para-hydroxylation sites is 2. The second-order valence-corrected chi connectivity index (χ2v) is 9.74. The Labute approximate surface area is 192 Å². The standard InChI is InChI=1S/C25H22N4O3S/c1-33(31,32)29-23(16-22(26-29)20-14-8-9-15-24(20)30)21-17-28(19-12-6-3-7-13-19)27-25(21)18-10-4-2-5-11-18/h2-15,17,23,30H,16H2,1H3/t23-/m1/s1. The van der Waals surface area contributed by atoms with Gasteiger partial charge >= 0.3 is 0 Å². The van der Waals surface area contributed by atoms with Gasteiger partial charge in [0.1, 0.15) is 5.75 Å². The molecule has 1 aliphatic heterocycles. The first-order chi connectivity index (χ1) is 15.9. The molecule has 2 heterocycles. The summed E-state index contributed by atoms with van der Waals surface area (Å²) in [5.74, 6) is 0.0635. The Balaban J connectivity index is 1.66. The van der Waals surface area contributed by atoms with Crippen molar-refractivity contribution in [1.29, 1.82) is 0 Å². The van der Waals surface area contributed by atoms with Gasteiger partial charge in [0.15, 0.2) is 0 Å². The lowest BCUT2D eigenvalue weighted by Gasteiger charge is -2.21. The summed E-state index contributed by atoms with van der Waals surface area (Å²) in [7, 11) is -3.68. The topological polar surface area (TPSA) is 87.8 Å². The predicted octanol–water partition coefficient (Wildman–Crippen LogP) is 4.36. The second-order valence-electron chi connectivity index (χ2n) is 7.90. The van der Waals surface area contributed by atoms with Crippen LogP contribution in [0.1, 0.15) is 23.6 Å². The fourth-order valence-electron chi connectivity index (χ4n) is 4.07. The number of hydrazone groups is 1. The van der Waals surface area contributed by atoms with Crippen molar-refractivity contribution < 1.29 is 13.5 Å². The number of phenols is 1. The van der Waals surface area contributed by atoms with E-state index < -0.39 is 16.1 Å². The third-order valence-corrected chi connectivity index (χ3v) is 6.61. The van der Waals surface area contributed by atoms with Gasteiger partial charge in [0, 0.05) is 29.3 Å². The number of aromatic nitrogens is 2. The average molecular weight is 459 g/mol. The highest BCUT2D eigenvalue weighted by molar-refractivity contribution is 7.88. The highest BCUT2D eigenvalue weighted by Crippen LogP contribution is 2.40. The molecule has 166 valence electrons. The first-order valence-corrected chi connectivity index (χ1v) is 12.3. The van der Waals surface area contributed by atoms with Gasteiger partial charge in [0.25, 0.3) is 0 Å². The summed E-state index contributed by atoms with van der Waals surface area (Å²) in [5, 5.41) is 19.6. The number of aromatic hydroxyl groups is 1. The lowest BCUT2D eigenvalue weighted by molar-refractivity contribution is 0.375. The zero-order chi connectivity index (χ0) is 23.0. The number of phenolic OH excluding ortho intramolecular Hbond substituents is 1. The molecule has 0 saturated heterocycles. The molecule has 33 heavy (non-hydrogen) atoms. The Hall–Kier alpha value is -3.91. The van der Waals surface area contributed by atoms with Crippen LogP contribution in [0.15, 0.2) is 96.2 Å². The van der Waals surface area contributed by atoms with Crippen molar-refractivity contribution in [2.24, 2.45) is 5.10 Å². The number of hydrogen-bond acceptors (Lipinski definition) is 5. The van der Waals surface area contributed by atoms with Crippen LogP contribution in [0.2, 0.25) is 0 Å². The molecule has 0 amide bonds. The van der Waals surface area contributed by atoms with E-state index in [2.05, 4.69) is 5.10 Å². The molecule has 1 N–H and O–H groups in total. The van der Waals surface area contributed by atoms with Crippen molar-refractivity contribution in [2.75, 3.05) is 6.26 Å². The fraction of sp³-hybridized carbons (Fsp3) is 0.120. The maximum Gasteiger partial charge on any atom is 0.247 e. The van der Waals surface area contributed by atoms with Crippen molar-refractivity contribution in [1.82, 2.24) is 14.2 Å². The number of nitrogens with zero attached hydrogens (tertiary/aromatic N) is 4. The molecule has 0 spiro atoms. The molecular weight excluding hydrogens is 436 g/mol. The van der Waals surface area contributed by atoms with E-state index in [4.69, 9.17) is 5.10 Å². The van der Waals surface area contributed by atoms with Gasteiger partial charge in [-0.05, 0) is 24.3 Å². The summed E-state index contributed by atoms with van der Waals surface area (Å²) >= 11 is 0. The molecule has 0 bridgehead atoms. The molecule has 5 rings (SSSR count). The first kappa shape index (κ1) is 21.0. The summed E-state index contributed by atoms with van der Waals surface area (Å²) < 4.78 is 28.4. The summed E-state index contributed by atoms with van der Waals surface area (Å²) in [6, 6.07) is 25.6. The fourth-order valence-corrected chi connectivity index (χ4v) is 4.97. The van der Waals surface area contributed by atoms with Gasteiger partial charge in [-0.2, -0.15) is 14.6 Å². The zero-order valence-corrected chi connectivity index (χ0v) is 18.7. The third-order valence-electron chi connectivity index (χ3n) is 5.60. The normalized spacial score (nSPS) is 16.1. The van der Waals surface area contributed by atoms with Gasteiger partial charge in [-0.1, -0.05) is 60.7 Å². The minimum absolute atomic E-state index is 0.0635. The van der Waals surface area contributed by atoms with E-state index in [0.29, 0.717) is 23.4 Å². The Bertz CT molecular complexity index is 1430. The zero-order valence-electron chi connectivity index (χ0n) is 17.9. The maximum absolute atomic E-state index is 12.7. The Kier molecular flexibility index (Phi) is 5.22. The molecule has 0 radical (unpaired) electrons. The largest absolute Gasteiger partial charge is 0.507 e. The monoisotopic (exact) mass is 458 g/mol. The molecule has 0 unspecified atom stereocenters. The molecule has 1 atom stereocenters. The summed E-state index contributed by atoms with van der Waals surface area (Å²) in [4.78, 5) is 0. The van der Waals surface area contributed by atoms with Crippen LogP contribution < -0.4 is 0 Å². The van der Waals surface area contributed by atoms with Gasteiger partial charge in [0.2, 0.25) is 10.0 Å². The lowest BCUT2D eigenvalue weighted by atomic mass is 9.97. The molecule has 0 saturated carbocycles. The van der Waals surface area contributed by atoms with Crippen molar-refractivity contribution in [3.63, 3.8) is 0 Å². The minimum Gasteiger partial charge on any atom is -0.507 e. The first-order valence-electron chi connectivity index (χ1n) is 10.5. The van der Waals surface area contributed by atoms with E-state index in [1.807, 2.05) is 66.9 Å². The van der Waals surface area contributed by atoms with E-state index in [0.717, 1.165) is 27.5 Å². The van der Waals surface area contributed by atoms with Crippen LogP contribution in [0.25, 0.3) is 16.9 Å². The SMILES string of the molecule is CS(=O)(=O)N1N=C(c2ccccc2O)C[C@@H]1c1cn(-c2ccccc2)nc1-c1ccccc1. The average Bonchev–Trinajstić information content (AvgIpc) is 3.46. The van der Waals surface area contributed by atoms with Crippen molar-refractivity contribution in [3.8, 4) is 22.7 Å². The van der Waals surface area contributed by atoms with E-state index in [1.54, 1.807) is 28.9 Å². The Morgan fingerprint density at radius 2 is 1.55 bits per heavy atom. The summed E-state index contributed by atoms with van der Waals surface area (Å²) in [5.41, 5.74) is 4.20. The minimum atomic E-state index is -3.68. The molecule has 8 heteroatoms. The van der Waals surface area contributed by atoms with Crippen LogP contribution in [0.5, 0.6) is 5.75 Å². The Morgan fingerprint density at radius 3 is 2.21 bits per heavy atom. The smallest absolute Gasteiger partial charge is 0.247 e. The summed E-state index contributed by atoms with van der Waals surface area (Å²) in [6.07, 6.45) is 3.32. The molecule has 1 aliphatic rings. The predicted molar refractivity (Wildman–Crippen MR) is 128 cm³/mol. The van der Waals surface area contributed by atoms with E-state index in [-0.39, 0.29) is 5.75 Å². The molecular formula is C25H22N4O3S. The second kappa shape index (κ2) is 8.22. The van der Waals surface area contributed by atoms with Crippen molar-refractivity contribution in [3.05, 3.63) is 102 Å². The highest BCUT2D eigenvalue weighted by Gasteiger charge is 2.37. The van der Waals surface area contributed by atoms with E-state index in [9.17, 15) is 13.5 Å². The van der Waals surface area contributed by atoms with Gasteiger partial charge in [0.05, 0.1) is 29.4 Å². The van der Waals surface area contributed by atoms with Crippen molar-refractivity contribution in [2.45, 2.75) is 12.5 Å². The van der Waals surface area contributed by atoms with Gasteiger partial charge in [-0.15, -0.1) is 0 Å². The summed E-state index contributed by atoms with van der Waals surface area (Å²) in [6.45, 7) is 0. The van der Waals surface area contributed by atoms with Crippen LogP contribution in [0, 0.1) is 0 Å². The molecule has 0 fully saturated rings. The van der Waals surface area contributed by atoms with Crippen LogP contribution in [0.4, 0.5) is 0 Å². The van der Waals surface area contributed by atoms with Crippen molar-refractivity contribution >= 4 is 15.7 Å². The molecule has 3 aromatic carbocycles. The molecule has 1 aromatic heterocycles. The van der Waals surface area contributed by atoms with Gasteiger partial charge < -0.3 is 5.11 Å². The van der Waals surface area contributed by atoms with Crippen LogP contribution in [0.3, 0.4) is 0 Å². The van der Waals surface area contributed by atoms with Gasteiger partial charge in [-0.3, -0.25) is 0 Å². The lowest BCUT2D eigenvalue weighted by Crippen LogP contribution is -2.26. The molecule has 4 aromatic rings. The molecule has 7 nitrogen and oxygen atoms in total.